The Balaban J connectivity index is 1.78. The van der Waals surface area contributed by atoms with Crippen molar-refractivity contribution in [3.8, 4) is 0 Å². The largest absolute Gasteiger partial charge is 0.425 e. The standard InChI is InChI=1S/C22H18O3/c23-19-15-10-4-5-11-16(15)20-17(19)18(14-8-2-1-3-9-14)22(21(24)25-20)12-6-7-13-22/h1-5,8-11,18H,6-7,12-13H2. The number of Topliss-reactive ketones (excluding diaryl/α,β-unsaturated/α-hetero) is 1. The third kappa shape index (κ3) is 1.87. The maximum absolute atomic E-state index is 13.2. The minimum Gasteiger partial charge on any atom is -0.425 e. The maximum atomic E-state index is 13.2. The molecule has 1 spiro atoms. The Morgan fingerprint density at radius 3 is 2.20 bits per heavy atom. The molecule has 3 heteroatoms. The summed E-state index contributed by atoms with van der Waals surface area (Å²) < 4.78 is 5.82. The van der Waals surface area contributed by atoms with Gasteiger partial charge in [0, 0.05) is 17.0 Å². The zero-order chi connectivity index (χ0) is 17.0. The molecule has 0 amide bonds. The zero-order valence-electron chi connectivity index (χ0n) is 13.8. The minimum absolute atomic E-state index is 0.0122. The predicted molar refractivity (Wildman–Crippen MR) is 93.9 cm³/mol. The average Bonchev–Trinajstić information content (AvgIpc) is 3.23. The zero-order valence-corrected chi connectivity index (χ0v) is 13.8. The molecule has 0 radical (unpaired) electrons. The van der Waals surface area contributed by atoms with Crippen LogP contribution in [0.4, 0.5) is 0 Å². The summed E-state index contributed by atoms with van der Waals surface area (Å²) in [6, 6.07) is 17.4. The Morgan fingerprint density at radius 1 is 0.840 bits per heavy atom. The third-order valence-corrected chi connectivity index (χ3v) is 5.98. The van der Waals surface area contributed by atoms with Crippen molar-refractivity contribution >= 4 is 17.5 Å². The first kappa shape index (κ1) is 14.6. The van der Waals surface area contributed by atoms with Crippen LogP contribution >= 0.6 is 0 Å². The van der Waals surface area contributed by atoms with Crippen molar-refractivity contribution in [2.45, 2.75) is 31.6 Å². The summed E-state index contributed by atoms with van der Waals surface area (Å²) in [5.74, 6) is 0.115. The molecule has 1 aliphatic heterocycles. The number of benzene rings is 2. The van der Waals surface area contributed by atoms with Crippen molar-refractivity contribution < 1.29 is 14.3 Å². The van der Waals surface area contributed by atoms with E-state index < -0.39 is 5.41 Å². The van der Waals surface area contributed by atoms with Gasteiger partial charge in [0.2, 0.25) is 0 Å². The molecule has 5 rings (SSSR count). The molecule has 2 aliphatic carbocycles. The first-order chi connectivity index (χ1) is 12.2. The second kappa shape index (κ2) is 5.16. The van der Waals surface area contributed by atoms with Crippen molar-refractivity contribution in [3.63, 3.8) is 0 Å². The summed E-state index contributed by atoms with van der Waals surface area (Å²) in [7, 11) is 0. The Labute approximate surface area is 146 Å². The number of hydrogen-bond acceptors (Lipinski definition) is 3. The monoisotopic (exact) mass is 330 g/mol. The minimum atomic E-state index is -0.599. The fourth-order valence-electron chi connectivity index (χ4n) is 4.86. The normalized spacial score (nSPS) is 23.6. The number of ether oxygens (including phenoxy) is 1. The molecule has 0 N–H and O–H groups in total. The van der Waals surface area contributed by atoms with Crippen LogP contribution in [0.5, 0.6) is 0 Å². The van der Waals surface area contributed by atoms with E-state index in [1.165, 1.54) is 0 Å². The first-order valence-corrected chi connectivity index (χ1v) is 8.88. The lowest BCUT2D eigenvalue weighted by Crippen LogP contribution is -2.41. The highest BCUT2D eigenvalue weighted by Gasteiger charge is 2.57. The highest BCUT2D eigenvalue weighted by molar-refractivity contribution is 6.22. The van der Waals surface area contributed by atoms with Crippen LogP contribution in [0.25, 0.3) is 5.76 Å². The van der Waals surface area contributed by atoms with Crippen LogP contribution in [0.15, 0.2) is 60.2 Å². The fourth-order valence-corrected chi connectivity index (χ4v) is 4.86. The molecule has 1 unspecified atom stereocenters. The number of rotatable bonds is 1. The summed E-state index contributed by atoms with van der Waals surface area (Å²) >= 11 is 0. The van der Waals surface area contributed by atoms with Crippen molar-refractivity contribution in [2.24, 2.45) is 5.41 Å². The fraction of sp³-hybridized carbons (Fsp3) is 0.273. The molecule has 0 saturated heterocycles. The first-order valence-electron chi connectivity index (χ1n) is 8.88. The number of carbonyl (C=O) groups is 2. The predicted octanol–water partition coefficient (Wildman–Crippen LogP) is 4.50. The van der Waals surface area contributed by atoms with Crippen LogP contribution in [0.2, 0.25) is 0 Å². The number of hydrogen-bond donors (Lipinski definition) is 0. The topological polar surface area (TPSA) is 43.4 Å². The van der Waals surface area contributed by atoms with Crippen molar-refractivity contribution in [2.75, 3.05) is 0 Å². The molecular weight excluding hydrogens is 312 g/mol. The van der Waals surface area contributed by atoms with Gasteiger partial charge in [0.1, 0.15) is 5.76 Å². The number of carbonyl (C=O) groups excluding carboxylic acids is 2. The van der Waals surface area contributed by atoms with E-state index in [1.807, 2.05) is 54.6 Å². The van der Waals surface area contributed by atoms with Gasteiger partial charge < -0.3 is 4.74 Å². The van der Waals surface area contributed by atoms with E-state index in [-0.39, 0.29) is 17.7 Å². The Bertz CT molecular complexity index is 917. The van der Waals surface area contributed by atoms with Gasteiger partial charge in [-0.1, -0.05) is 67.4 Å². The van der Waals surface area contributed by atoms with Gasteiger partial charge in [0.05, 0.1) is 11.0 Å². The van der Waals surface area contributed by atoms with Gasteiger partial charge in [0.15, 0.2) is 5.78 Å². The molecule has 1 atom stereocenters. The second-order valence-electron chi connectivity index (χ2n) is 7.21. The van der Waals surface area contributed by atoms with E-state index in [2.05, 4.69) is 0 Å². The lowest BCUT2D eigenvalue weighted by Gasteiger charge is -2.39. The van der Waals surface area contributed by atoms with Crippen LogP contribution in [0.1, 0.15) is 53.1 Å². The quantitative estimate of drug-likeness (QED) is 0.723. The van der Waals surface area contributed by atoms with E-state index in [0.29, 0.717) is 16.9 Å². The van der Waals surface area contributed by atoms with Gasteiger partial charge in [-0.3, -0.25) is 9.59 Å². The Hall–Kier alpha value is -2.68. The molecule has 2 aromatic carbocycles. The lowest BCUT2D eigenvalue weighted by molar-refractivity contribution is -0.150. The Kier molecular flexibility index (Phi) is 3.02. The smallest absolute Gasteiger partial charge is 0.318 e. The van der Waals surface area contributed by atoms with Crippen molar-refractivity contribution in [3.05, 3.63) is 76.9 Å². The van der Waals surface area contributed by atoms with Gasteiger partial charge in [-0.25, -0.2) is 0 Å². The summed E-state index contributed by atoms with van der Waals surface area (Å²) in [5.41, 5.74) is 2.52. The van der Waals surface area contributed by atoms with Gasteiger partial charge in [-0.2, -0.15) is 0 Å². The number of esters is 1. The second-order valence-corrected chi connectivity index (χ2v) is 7.21. The van der Waals surface area contributed by atoms with Crippen LogP contribution in [0.3, 0.4) is 0 Å². The molecule has 3 nitrogen and oxygen atoms in total. The average molecular weight is 330 g/mol. The van der Waals surface area contributed by atoms with Gasteiger partial charge in [0.25, 0.3) is 0 Å². The van der Waals surface area contributed by atoms with Gasteiger partial charge >= 0.3 is 5.97 Å². The third-order valence-electron chi connectivity index (χ3n) is 5.98. The highest BCUT2D eigenvalue weighted by atomic mass is 16.5. The SMILES string of the molecule is O=C1C2=C(OC(=O)C3(CCCC3)C2c2ccccc2)c2ccccc21. The van der Waals surface area contributed by atoms with Gasteiger partial charge in [-0.05, 0) is 18.4 Å². The van der Waals surface area contributed by atoms with E-state index in [0.717, 1.165) is 36.8 Å². The molecule has 0 aromatic heterocycles. The molecule has 2 aromatic rings. The summed E-state index contributed by atoms with van der Waals surface area (Å²) in [6.45, 7) is 0. The summed E-state index contributed by atoms with van der Waals surface area (Å²) in [6.07, 6.45) is 3.57. The van der Waals surface area contributed by atoms with Crippen LogP contribution in [-0.4, -0.2) is 11.8 Å². The molecule has 1 heterocycles. The van der Waals surface area contributed by atoms with E-state index in [4.69, 9.17) is 4.74 Å². The van der Waals surface area contributed by atoms with Crippen molar-refractivity contribution in [1.29, 1.82) is 0 Å². The molecular formula is C22H18O3. The number of allylic oxidation sites excluding steroid dienone is 1. The Morgan fingerprint density at radius 2 is 1.48 bits per heavy atom. The molecule has 25 heavy (non-hydrogen) atoms. The summed E-state index contributed by atoms with van der Waals surface area (Å²) in [4.78, 5) is 26.3. The van der Waals surface area contributed by atoms with E-state index in [1.54, 1.807) is 0 Å². The molecule has 1 fully saturated rings. The summed E-state index contributed by atoms with van der Waals surface area (Å²) in [5, 5.41) is 0. The molecule has 3 aliphatic rings. The van der Waals surface area contributed by atoms with Crippen LogP contribution in [-0.2, 0) is 9.53 Å². The number of fused-ring (bicyclic) bond motifs is 2. The molecule has 0 bridgehead atoms. The van der Waals surface area contributed by atoms with Crippen LogP contribution in [0, 0.1) is 5.41 Å². The maximum Gasteiger partial charge on any atom is 0.318 e. The van der Waals surface area contributed by atoms with E-state index >= 15 is 0 Å². The van der Waals surface area contributed by atoms with E-state index in [9.17, 15) is 9.59 Å². The number of ketones is 1. The van der Waals surface area contributed by atoms with Crippen molar-refractivity contribution in [1.82, 2.24) is 0 Å². The lowest BCUT2D eigenvalue weighted by atomic mass is 9.65. The highest BCUT2D eigenvalue weighted by Crippen LogP contribution is 2.59. The van der Waals surface area contributed by atoms with Gasteiger partial charge in [-0.15, -0.1) is 0 Å². The van der Waals surface area contributed by atoms with Crippen LogP contribution < -0.4 is 0 Å². The molecule has 124 valence electrons. The molecule has 1 saturated carbocycles.